The highest BCUT2D eigenvalue weighted by Gasteiger charge is 2.46. The van der Waals surface area contributed by atoms with Crippen LogP contribution in [0.3, 0.4) is 0 Å². The van der Waals surface area contributed by atoms with Crippen molar-refractivity contribution in [1.29, 1.82) is 0 Å². The molecule has 9 heteroatoms. The summed E-state index contributed by atoms with van der Waals surface area (Å²) >= 11 is 0. The number of amides is 4. The van der Waals surface area contributed by atoms with Crippen LogP contribution in [0, 0.1) is 11.8 Å². The first-order chi connectivity index (χ1) is 13.9. The van der Waals surface area contributed by atoms with Crippen LogP contribution >= 0.6 is 0 Å². The van der Waals surface area contributed by atoms with Gasteiger partial charge in [-0.2, -0.15) is 0 Å². The van der Waals surface area contributed by atoms with E-state index >= 15 is 0 Å². The number of allylic oxidation sites excluding steroid dienone is 2. The Morgan fingerprint density at radius 1 is 1.07 bits per heavy atom. The number of benzene rings is 1. The van der Waals surface area contributed by atoms with E-state index in [0.29, 0.717) is 12.8 Å². The van der Waals surface area contributed by atoms with E-state index in [2.05, 4.69) is 5.32 Å². The fourth-order valence-electron chi connectivity index (χ4n) is 3.50. The van der Waals surface area contributed by atoms with Crippen LogP contribution in [0.2, 0.25) is 0 Å². The SMILES string of the molecule is NC(=O)c1ccccc1NC(=O)COC(=O)CCN1C(=O)[C@H]2CC=CC[C@H]2C1=O. The Morgan fingerprint density at radius 3 is 2.31 bits per heavy atom. The Bertz CT molecular complexity index is 868. The summed E-state index contributed by atoms with van der Waals surface area (Å²) in [6.45, 7) is -0.640. The number of imide groups is 1. The van der Waals surface area contributed by atoms with Crippen LogP contribution in [0.25, 0.3) is 0 Å². The lowest BCUT2D eigenvalue weighted by Crippen LogP contribution is -2.33. The molecule has 152 valence electrons. The molecule has 1 aliphatic heterocycles. The average molecular weight is 399 g/mol. The van der Waals surface area contributed by atoms with E-state index in [0.717, 1.165) is 4.90 Å². The molecule has 3 N–H and O–H groups in total. The van der Waals surface area contributed by atoms with Gasteiger partial charge in [-0.15, -0.1) is 0 Å². The molecule has 0 spiro atoms. The number of nitrogens with zero attached hydrogens (tertiary/aromatic N) is 1. The van der Waals surface area contributed by atoms with Crippen LogP contribution in [0.1, 0.15) is 29.6 Å². The number of nitrogens with one attached hydrogen (secondary N) is 1. The van der Waals surface area contributed by atoms with Crippen LogP contribution < -0.4 is 11.1 Å². The molecule has 1 aromatic rings. The van der Waals surface area contributed by atoms with Crippen molar-refractivity contribution in [1.82, 2.24) is 4.90 Å². The molecule has 1 aromatic carbocycles. The number of hydrogen-bond donors (Lipinski definition) is 2. The largest absolute Gasteiger partial charge is 0.456 e. The zero-order chi connectivity index (χ0) is 21.0. The van der Waals surface area contributed by atoms with Gasteiger partial charge in [0.1, 0.15) is 0 Å². The van der Waals surface area contributed by atoms with E-state index in [9.17, 15) is 24.0 Å². The molecule has 1 heterocycles. The zero-order valence-corrected chi connectivity index (χ0v) is 15.6. The second-order valence-electron chi connectivity index (χ2n) is 6.85. The van der Waals surface area contributed by atoms with E-state index in [-0.39, 0.29) is 47.9 Å². The number of hydrogen-bond acceptors (Lipinski definition) is 6. The Kier molecular flexibility index (Phi) is 6.06. The Labute approximate surface area is 166 Å². The lowest BCUT2D eigenvalue weighted by Gasteiger charge is -2.14. The van der Waals surface area contributed by atoms with E-state index in [1.807, 2.05) is 12.2 Å². The minimum absolute atomic E-state index is 0.0738. The highest BCUT2D eigenvalue weighted by atomic mass is 16.5. The number of para-hydroxylation sites is 1. The van der Waals surface area contributed by atoms with Crippen LogP contribution in [-0.4, -0.2) is 47.6 Å². The van der Waals surface area contributed by atoms with Crippen LogP contribution in [0.15, 0.2) is 36.4 Å². The first-order valence-corrected chi connectivity index (χ1v) is 9.23. The van der Waals surface area contributed by atoms with Gasteiger partial charge in [-0.3, -0.25) is 28.9 Å². The van der Waals surface area contributed by atoms with Gasteiger partial charge in [0.25, 0.3) is 11.8 Å². The quantitative estimate of drug-likeness (QED) is 0.392. The van der Waals surface area contributed by atoms with Crippen molar-refractivity contribution in [2.24, 2.45) is 17.6 Å². The summed E-state index contributed by atoms with van der Waals surface area (Å²) in [5, 5.41) is 2.45. The predicted octanol–water partition coefficient (Wildman–Crippen LogP) is 0.608. The van der Waals surface area contributed by atoms with Gasteiger partial charge in [0.15, 0.2) is 6.61 Å². The second-order valence-corrected chi connectivity index (χ2v) is 6.85. The number of anilines is 1. The second kappa shape index (κ2) is 8.68. The van der Waals surface area contributed by atoms with Gasteiger partial charge >= 0.3 is 5.97 Å². The fourth-order valence-corrected chi connectivity index (χ4v) is 3.50. The van der Waals surface area contributed by atoms with Crippen molar-refractivity contribution < 1.29 is 28.7 Å². The topological polar surface area (TPSA) is 136 Å². The maximum atomic E-state index is 12.3. The number of primary amides is 1. The molecule has 3 rings (SSSR count). The molecular weight excluding hydrogens is 378 g/mol. The molecule has 1 saturated heterocycles. The molecule has 1 aliphatic carbocycles. The number of fused-ring (bicyclic) bond motifs is 1. The van der Waals surface area contributed by atoms with Crippen LogP contribution in [0.5, 0.6) is 0 Å². The molecular formula is C20H21N3O6. The normalized spacial score (nSPS) is 20.3. The molecule has 0 aromatic heterocycles. The molecule has 9 nitrogen and oxygen atoms in total. The Balaban J connectivity index is 1.46. The number of nitrogens with two attached hydrogens (primary N) is 1. The summed E-state index contributed by atoms with van der Waals surface area (Å²) in [5.41, 5.74) is 5.59. The standard InChI is InChI=1S/C20H21N3O6/c21-18(26)14-7-3-4-8-15(14)22-16(24)11-29-17(25)9-10-23-19(27)12-5-1-2-6-13(12)20(23)28/h1-4,7-8,12-13H,5-6,9-11H2,(H2,21,26)(H,22,24)/t12-,13+. The van der Waals surface area contributed by atoms with Gasteiger partial charge in [0.2, 0.25) is 11.8 Å². The smallest absolute Gasteiger partial charge is 0.308 e. The fraction of sp³-hybridized carbons (Fsp3) is 0.350. The molecule has 4 amide bonds. The first kappa shape index (κ1) is 20.2. The Hall–Kier alpha value is -3.49. The van der Waals surface area contributed by atoms with E-state index in [1.165, 1.54) is 12.1 Å². The number of likely N-dealkylation sites (tertiary alicyclic amines) is 1. The highest BCUT2D eigenvalue weighted by molar-refractivity contribution is 6.06. The molecule has 2 atom stereocenters. The maximum absolute atomic E-state index is 12.3. The number of rotatable bonds is 7. The van der Waals surface area contributed by atoms with Crippen molar-refractivity contribution in [3.8, 4) is 0 Å². The molecule has 29 heavy (non-hydrogen) atoms. The lowest BCUT2D eigenvalue weighted by molar-refractivity contribution is -0.148. The van der Waals surface area contributed by atoms with E-state index in [1.54, 1.807) is 12.1 Å². The zero-order valence-electron chi connectivity index (χ0n) is 15.6. The van der Waals surface area contributed by atoms with Gasteiger partial charge in [-0.05, 0) is 25.0 Å². The van der Waals surface area contributed by atoms with Crippen molar-refractivity contribution in [3.05, 3.63) is 42.0 Å². The molecule has 0 radical (unpaired) electrons. The number of carbonyl (C=O) groups excluding carboxylic acids is 5. The third-order valence-electron chi connectivity index (χ3n) is 4.97. The Morgan fingerprint density at radius 2 is 1.69 bits per heavy atom. The summed E-state index contributed by atoms with van der Waals surface area (Å²) in [6, 6.07) is 6.17. The molecule has 0 bridgehead atoms. The lowest BCUT2D eigenvalue weighted by atomic mass is 9.85. The van der Waals surface area contributed by atoms with Gasteiger partial charge in [-0.1, -0.05) is 24.3 Å². The van der Waals surface area contributed by atoms with Gasteiger partial charge in [0.05, 0.1) is 29.5 Å². The monoisotopic (exact) mass is 399 g/mol. The minimum atomic E-state index is -0.711. The summed E-state index contributed by atoms with van der Waals surface area (Å²) in [6.07, 6.45) is 4.64. The molecule has 1 fully saturated rings. The average Bonchev–Trinajstić information content (AvgIpc) is 2.95. The number of carbonyl (C=O) groups is 5. The van der Waals surface area contributed by atoms with Crippen molar-refractivity contribution in [2.45, 2.75) is 19.3 Å². The molecule has 0 unspecified atom stereocenters. The van der Waals surface area contributed by atoms with Crippen molar-refractivity contribution in [2.75, 3.05) is 18.5 Å². The summed E-state index contributed by atoms with van der Waals surface area (Å²) in [5.74, 6) is -3.28. The van der Waals surface area contributed by atoms with Gasteiger partial charge < -0.3 is 15.8 Å². The number of ether oxygens (including phenoxy) is 1. The van der Waals surface area contributed by atoms with E-state index < -0.39 is 24.4 Å². The van der Waals surface area contributed by atoms with E-state index in [4.69, 9.17) is 10.5 Å². The minimum Gasteiger partial charge on any atom is -0.456 e. The molecule has 0 saturated carbocycles. The van der Waals surface area contributed by atoms with Gasteiger partial charge in [-0.25, -0.2) is 0 Å². The summed E-state index contributed by atoms with van der Waals surface area (Å²) in [7, 11) is 0. The van der Waals surface area contributed by atoms with Crippen molar-refractivity contribution in [3.63, 3.8) is 0 Å². The number of esters is 1. The predicted molar refractivity (Wildman–Crippen MR) is 101 cm³/mol. The first-order valence-electron chi connectivity index (χ1n) is 9.23. The summed E-state index contributed by atoms with van der Waals surface area (Å²) < 4.78 is 4.90. The highest BCUT2D eigenvalue weighted by Crippen LogP contribution is 2.34. The van der Waals surface area contributed by atoms with Gasteiger partial charge in [0, 0.05) is 6.54 Å². The maximum Gasteiger partial charge on any atom is 0.308 e. The van der Waals surface area contributed by atoms with Crippen LogP contribution in [-0.2, 0) is 23.9 Å². The van der Waals surface area contributed by atoms with Crippen molar-refractivity contribution >= 4 is 35.3 Å². The van der Waals surface area contributed by atoms with Crippen LogP contribution in [0.4, 0.5) is 5.69 Å². The molecule has 2 aliphatic rings. The summed E-state index contributed by atoms with van der Waals surface area (Å²) in [4.78, 5) is 61.0. The third-order valence-corrected chi connectivity index (χ3v) is 4.97. The third kappa shape index (κ3) is 4.50.